The molecule has 0 heterocycles. The maximum absolute atomic E-state index is 12.5. The molecule has 0 aliphatic heterocycles. The van der Waals surface area contributed by atoms with Crippen molar-refractivity contribution in [2.24, 2.45) is 0 Å². The van der Waals surface area contributed by atoms with Gasteiger partial charge < -0.3 is 9.84 Å². The van der Waals surface area contributed by atoms with Crippen molar-refractivity contribution in [3.63, 3.8) is 0 Å². The number of carbonyl (C=O) groups excluding carboxylic acids is 1. The predicted octanol–water partition coefficient (Wildman–Crippen LogP) is 2.93. The number of carboxylic acids is 1. The number of hydrogen-bond acceptors (Lipinski definition) is 3. The Morgan fingerprint density at radius 2 is 1.70 bits per heavy atom. The van der Waals surface area contributed by atoms with Gasteiger partial charge in [-0.3, -0.25) is 4.79 Å². The number of hydrogen-bond donors (Lipinski definition) is 1. The van der Waals surface area contributed by atoms with Gasteiger partial charge in [-0.2, -0.15) is 0 Å². The van der Waals surface area contributed by atoms with Crippen LogP contribution in [0.15, 0.2) is 42.5 Å². The molecule has 0 radical (unpaired) electrons. The summed E-state index contributed by atoms with van der Waals surface area (Å²) in [5, 5.41) is 9.20. The number of aromatic carboxylic acids is 1. The summed E-state index contributed by atoms with van der Waals surface area (Å²) in [5.74, 6) is -0.765. The van der Waals surface area contributed by atoms with E-state index in [0.717, 1.165) is 0 Å². The lowest BCUT2D eigenvalue weighted by molar-refractivity contribution is 0.0692. The zero-order valence-electron chi connectivity index (χ0n) is 11.2. The third-order valence-corrected chi connectivity index (χ3v) is 3.08. The molecule has 2 aromatic rings. The first kappa shape index (κ1) is 13.8. The summed E-state index contributed by atoms with van der Waals surface area (Å²) in [5.41, 5.74) is 1.32. The third-order valence-electron chi connectivity index (χ3n) is 3.08. The fourth-order valence-corrected chi connectivity index (χ4v) is 2.03. The van der Waals surface area contributed by atoms with Crippen molar-refractivity contribution in [2.75, 3.05) is 7.11 Å². The summed E-state index contributed by atoms with van der Waals surface area (Å²) >= 11 is 0. The lowest BCUT2D eigenvalue weighted by Crippen LogP contribution is -2.11. The first-order valence-corrected chi connectivity index (χ1v) is 6.06. The molecule has 0 atom stereocenters. The first-order valence-electron chi connectivity index (χ1n) is 6.06. The van der Waals surface area contributed by atoms with Gasteiger partial charge in [-0.05, 0) is 42.8 Å². The van der Waals surface area contributed by atoms with Crippen LogP contribution >= 0.6 is 0 Å². The van der Waals surface area contributed by atoms with Gasteiger partial charge in [0.2, 0.25) is 0 Å². The SMILES string of the molecule is COc1ccc(C(=O)c2c(C)cccc2C(=O)O)cc1. The number of methoxy groups -OCH3 is 1. The lowest BCUT2D eigenvalue weighted by atomic mass is 9.94. The standard InChI is InChI=1S/C16H14O4/c1-10-4-3-5-13(16(18)19)14(10)15(17)11-6-8-12(20-2)9-7-11/h3-9H,1-2H3,(H,18,19). The smallest absolute Gasteiger partial charge is 0.336 e. The molecule has 102 valence electrons. The molecule has 0 saturated carbocycles. The van der Waals surface area contributed by atoms with Gasteiger partial charge in [-0.15, -0.1) is 0 Å². The number of carboxylic acid groups (broad SMARTS) is 1. The van der Waals surface area contributed by atoms with Crippen LogP contribution < -0.4 is 4.74 Å². The van der Waals surface area contributed by atoms with Crippen molar-refractivity contribution >= 4 is 11.8 Å². The molecule has 0 aliphatic rings. The van der Waals surface area contributed by atoms with Gasteiger partial charge >= 0.3 is 5.97 Å². The second-order valence-electron chi connectivity index (χ2n) is 4.36. The molecule has 4 heteroatoms. The highest BCUT2D eigenvalue weighted by molar-refractivity contribution is 6.15. The van der Waals surface area contributed by atoms with Gasteiger partial charge in [0.15, 0.2) is 5.78 Å². The predicted molar refractivity (Wildman–Crippen MR) is 74.6 cm³/mol. The molecule has 20 heavy (non-hydrogen) atoms. The Labute approximate surface area is 116 Å². The average molecular weight is 270 g/mol. The van der Waals surface area contributed by atoms with E-state index < -0.39 is 5.97 Å². The number of ether oxygens (including phenoxy) is 1. The maximum atomic E-state index is 12.5. The van der Waals surface area contributed by atoms with Gasteiger partial charge in [0.05, 0.1) is 12.7 Å². The second-order valence-corrected chi connectivity index (χ2v) is 4.36. The Morgan fingerprint density at radius 3 is 2.25 bits per heavy atom. The van der Waals surface area contributed by atoms with Crippen molar-refractivity contribution in [1.82, 2.24) is 0 Å². The van der Waals surface area contributed by atoms with Crippen molar-refractivity contribution in [3.05, 3.63) is 64.7 Å². The summed E-state index contributed by atoms with van der Waals surface area (Å²) in [4.78, 5) is 23.7. The largest absolute Gasteiger partial charge is 0.497 e. The zero-order chi connectivity index (χ0) is 14.7. The van der Waals surface area contributed by atoms with E-state index in [0.29, 0.717) is 16.9 Å². The van der Waals surface area contributed by atoms with Crippen LogP contribution in [-0.4, -0.2) is 24.0 Å². The number of aryl methyl sites for hydroxylation is 1. The number of benzene rings is 2. The van der Waals surface area contributed by atoms with E-state index in [1.807, 2.05) is 0 Å². The lowest BCUT2D eigenvalue weighted by Gasteiger charge is -2.09. The molecular weight excluding hydrogens is 256 g/mol. The molecule has 2 rings (SSSR count). The molecule has 0 aliphatic carbocycles. The molecule has 0 bridgehead atoms. The van der Waals surface area contributed by atoms with Crippen LogP contribution in [0.5, 0.6) is 5.75 Å². The van der Waals surface area contributed by atoms with Crippen molar-refractivity contribution < 1.29 is 19.4 Å². The molecule has 1 N–H and O–H groups in total. The Bertz CT molecular complexity index is 657. The van der Waals surface area contributed by atoms with Gasteiger partial charge in [0.1, 0.15) is 5.75 Å². The first-order chi connectivity index (χ1) is 9.54. The summed E-state index contributed by atoms with van der Waals surface area (Å²) < 4.78 is 5.03. The van der Waals surface area contributed by atoms with Crippen LogP contribution in [-0.2, 0) is 0 Å². The highest BCUT2D eigenvalue weighted by Gasteiger charge is 2.19. The minimum atomic E-state index is -1.11. The minimum Gasteiger partial charge on any atom is -0.497 e. The summed E-state index contributed by atoms with van der Waals surface area (Å²) in [6.45, 7) is 1.73. The van der Waals surface area contributed by atoms with Crippen molar-refractivity contribution in [2.45, 2.75) is 6.92 Å². The summed E-state index contributed by atoms with van der Waals surface area (Å²) in [6, 6.07) is 11.4. The molecule has 0 fully saturated rings. The van der Waals surface area contributed by atoms with E-state index in [9.17, 15) is 14.7 Å². The van der Waals surface area contributed by atoms with Crippen LogP contribution in [0.4, 0.5) is 0 Å². The zero-order valence-corrected chi connectivity index (χ0v) is 11.2. The average Bonchev–Trinajstić information content (AvgIpc) is 2.46. The number of carbonyl (C=O) groups is 2. The number of rotatable bonds is 4. The number of ketones is 1. The monoisotopic (exact) mass is 270 g/mol. The van der Waals surface area contributed by atoms with Crippen LogP contribution in [0.3, 0.4) is 0 Å². The normalized spacial score (nSPS) is 10.1. The van der Waals surface area contributed by atoms with Crippen LogP contribution in [0.25, 0.3) is 0 Å². The molecule has 4 nitrogen and oxygen atoms in total. The Kier molecular flexibility index (Phi) is 3.84. The Morgan fingerprint density at radius 1 is 1.05 bits per heavy atom. The summed E-state index contributed by atoms with van der Waals surface area (Å²) in [7, 11) is 1.54. The van der Waals surface area contributed by atoms with Crippen LogP contribution in [0, 0.1) is 6.92 Å². The Hall–Kier alpha value is -2.62. The van der Waals surface area contributed by atoms with Gasteiger partial charge in [-0.1, -0.05) is 12.1 Å². The van der Waals surface area contributed by atoms with Gasteiger partial charge in [-0.25, -0.2) is 4.79 Å². The highest BCUT2D eigenvalue weighted by atomic mass is 16.5. The second kappa shape index (κ2) is 5.57. The quantitative estimate of drug-likeness (QED) is 0.867. The Balaban J connectivity index is 2.50. The molecule has 0 unspecified atom stereocenters. The maximum Gasteiger partial charge on any atom is 0.336 e. The van der Waals surface area contributed by atoms with E-state index in [2.05, 4.69) is 0 Å². The molecule has 0 saturated heterocycles. The minimum absolute atomic E-state index is 0.0193. The highest BCUT2D eigenvalue weighted by Crippen LogP contribution is 2.20. The van der Waals surface area contributed by atoms with E-state index in [4.69, 9.17) is 4.74 Å². The van der Waals surface area contributed by atoms with E-state index in [1.54, 1.807) is 50.4 Å². The molecule has 2 aromatic carbocycles. The van der Waals surface area contributed by atoms with Gasteiger partial charge in [0.25, 0.3) is 0 Å². The van der Waals surface area contributed by atoms with E-state index in [1.165, 1.54) is 6.07 Å². The van der Waals surface area contributed by atoms with E-state index in [-0.39, 0.29) is 16.9 Å². The molecule has 0 spiro atoms. The van der Waals surface area contributed by atoms with Gasteiger partial charge in [0, 0.05) is 11.1 Å². The topological polar surface area (TPSA) is 63.6 Å². The van der Waals surface area contributed by atoms with Crippen LogP contribution in [0.1, 0.15) is 31.8 Å². The third kappa shape index (κ3) is 2.54. The fraction of sp³-hybridized carbons (Fsp3) is 0.125. The van der Waals surface area contributed by atoms with Crippen molar-refractivity contribution in [3.8, 4) is 5.75 Å². The van der Waals surface area contributed by atoms with Crippen LogP contribution in [0.2, 0.25) is 0 Å². The molecule has 0 aromatic heterocycles. The van der Waals surface area contributed by atoms with E-state index >= 15 is 0 Å². The fourth-order valence-electron chi connectivity index (χ4n) is 2.03. The van der Waals surface area contributed by atoms with Crippen molar-refractivity contribution in [1.29, 1.82) is 0 Å². The molecule has 0 amide bonds. The molecular formula is C16H14O4. The summed E-state index contributed by atoms with van der Waals surface area (Å²) in [6.07, 6.45) is 0.